The Kier molecular flexibility index (Phi) is 3.65. The van der Waals surface area contributed by atoms with Crippen molar-refractivity contribution in [3.8, 4) is 0 Å². The average molecular weight is 267 g/mol. The molecule has 102 valence electrons. The zero-order valence-electron chi connectivity index (χ0n) is 11.2. The first-order valence-electron chi connectivity index (χ1n) is 6.72. The van der Waals surface area contributed by atoms with E-state index in [9.17, 15) is 0 Å². The van der Waals surface area contributed by atoms with Gasteiger partial charge in [-0.05, 0) is 36.2 Å². The van der Waals surface area contributed by atoms with E-state index in [1.807, 2.05) is 24.3 Å². The van der Waals surface area contributed by atoms with E-state index >= 15 is 0 Å². The third-order valence-electron chi connectivity index (χ3n) is 3.19. The first-order chi connectivity index (χ1) is 9.85. The molecular formula is C16H17N3O. The summed E-state index contributed by atoms with van der Waals surface area (Å²) in [6.07, 6.45) is 0.916. The maximum Gasteiger partial charge on any atom is 0.295 e. The highest BCUT2D eigenvalue weighted by Gasteiger charge is 2.04. The third-order valence-corrected chi connectivity index (χ3v) is 3.19. The monoisotopic (exact) mass is 267 g/mol. The summed E-state index contributed by atoms with van der Waals surface area (Å²) in [5.41, 5.74) is 9.66. The Morgan fingerprint density at radius 2 is 1.75 bits per heavy atom. The van der Waals surface area contributed by atoms with Crippen LogP contribution in [-0.4, -0.2) is 11.5 Å². The third kappa shape index (κ3) is 2.81. The predicted molar refractivity (Wildman–Crippen MR) is 80.5 cm³/mol. The molecule has 1 aromatic heterocycles. The number of hydrogen-bond donors (Lipinski definition) is 2. The number of benzene rings is 2. The van der Waals surface area contributed by atoms with Crippen LogP contribution >= 0.6 is 0 Å². The van der Waals surface area contributed by atoms with E-state index in [0.29, 0.717) is 19.1 Å². The van der Waals surface area contributed by atoms with E-state index in [4.69, 9.17) is 10.2 Å². The van der Waals surface area contributed by atoms with Gasteiger partial charge in [0.1, 0.15) is 5.52 Å². The maximum atomic E-state index is 5.61. The molecule has 0 aliphatic carbocycles. The zero-order valence-corrected chi connectivity index (χ0v) is 11.2. The van der Waals surface area contributed by atoms with Gasteiger partial charge in [-0.25, -0.2) is 0 Å². The summed E-state index contributed by atoms with van der Waals surface area (Å²) in [6, 6.07) is 16.7. The van der Waals surface area contributed by atoms with Crippen LogP contribution in [0.5, 0.6) is 0 Å². The lowest BCUT2D eigenvalue weighted by Crippen LogP contribution is -2.03. The van der Waals surface area contributed by atoms with Crippen LogP contribution in [0.2, 0.25) is 0 Å². The minimum absolute atomic E-state index is 0.553. The Hall–Kier alpha value is -2.33. The van der Waals surface area contributed by atoms with E-state index < -0.39 is 0 Å². The van der Waals surface area contributed by atoms with E-state index in [1.54, 1.807) is 0 Å². The summed E-state index contributed by atoms with van der Waals surface area (Å²) in [5.74, 6) is 0. The maximum absolute atomic E-state index is 5.61. The van der Waals surface area contributed by atoms with E-state index in [-0.39, 0.29) is 0 Å². The number of oxazole rings is 1. The van der Waals surface area contributed by atoms with Crippen LogP contribution in [-0.2, 0) is 13.0 Å². The number of anilines is 1. The summed E-state index contributed by atoms with van der Waals surface area (Å²) in [4.78, 5) is 4.38. The molecule has 0 saturated carbocycles. The molecule has 1 heterocycles. The molecule has 0 atom stereocenters. The second kappa shape index (κ2) is 5.75. The second-order valence-corrected chi connectivity index (χ2v) is 4.70. The van der Waals surface area contributed by atoms with Gasteiger partial charge in [0.05, 0.1) is 0 Å². The number of para-hydroxylation sites is 2. The first kappa shape index (κ1) is 12.7. The summed E-state index contributed by atoms with van der Waals surface area (Å²) in [5, 5.41) is 3.20. The predicted octanol–water partition coefficient (Wildman–Crippen LogP) is 2.94. The van der Waals surface area contributed by atoms with Crippen LogP contribution in [0.3, 0.4) is 0 Å². The van der Waals surface area contributed by atoms with Gasteiger partial charge in [-0.2, -0.15) is 4.98 Å². The molecule has 3 N–H and O–H groups in total. The van der Waals surface area contributed by atoms with Crippen LogP contribution in [0.25, 0.3) is 11.1 Å². The van der Waals surface area contributed by atoms with Crippen LogP contribution < -0.4 is 11.1 Å². The lowest BCUT2D eigenvalue weighted by molar-refractivity contribution is 0.614. The van der Waals surface area contributed by atoms with Gasteiger partial charge >= 0.3 is 0 Å². The molecule has 3 rings (SSSR count). The summed E-state index contributed by atoms with van der Waals surface area (Å²) in [7, 11) is 0. The molecule has 0 spiro atoms. The second-order valence-electron chi connectivity index (χ2n) is 4.70. The van der Waals surface area contributed by atoms with E-state index in [1.165, 1.54) is 11.1 Å². The SMILES string of the molecule is NCCc1ccc(CNc2nc3ccccc3o2)cc1. The van der Waals surface area contributed by atoms with Crippen molar-refractivity contribution in [1.29, 1.82) is 0 Å². The van der Waals surface area contributed by atoms with E-state index in [2.05, 4.69) is 34.6 Å². The van der Waals surface area contributed by atoms with Crippen molar-refractivity contribution in [3.63, 3.8) is 0 Å². The van der Waals surface area contributed by atoms with Crippen LogP contribution in [0.15, 0.2) is 52.9 Å². The molecule has 2 aromatic carbocycles. The number of fused-ring (bicyclic) bond motifs is 1. The lowest BCUT2D eigenvalue weighted by atomic mass is 10.1. The largest absolute Gasteiger partial charge is 0.424 e. The minimum Gasteiger partial charge on any atom is -0.424 e. The first-order valence-corrected chi connectivity index (χ1v) is 6.72. The fourth-order valence-corrected chi connectivity index (χ4v) is 2.12. The number of rotatable bonds is 5. The fraction of sp³-hybridized carbons (Fsp3) is 0.188. The van der Waals surface area contributed by atoms with Gasteiger partial charge in [-0.15, -0.1) is 0 Å². The van der Waals surface area contributed by atoms with Gasteiger partial charge in [0.2, 0.25) is 0 Å². The molecule has 0 radical (unpaired) electrons. The summed E-state index contributed by atoms with van der Waals surface area (Å²) in [6.45, 7) is 1.37. The van der Waals surface area contributed by atoms with Crippen molar-refractivity contribution in [1.82, 2.24) is 4.98 Å². The molecule has 0 saturated heterocycles. The number of nitrogens with two attached hydrogens (primary N) is 1. The van der Waals surface area contributed by atoms with Crippen molar-refractivity contribution in [2.45, 2.75) is 13.0 Å². The van der Waals surface area contributed by atoms with Gasteiger partial charge < -0.3 is 15.5 Å². The number of nitrogens with one attached hydrogen (secondary N) is 1. The van der Waals surface area contributed by atoms with Gasteiger partial charge in [0.15, 0.2) is 5.58 Å². The van der Waals surface area contributed by atoms with Crippen molar-refractivity contribution in [2.75, 3.05) is 11.9 Å². The quantitative estimate of drug-likeness (QED) is 0.746. The van der Waals surface area contributed by atoms with Gasteiger partial charge in [-0.1, -0.05) is 36.4 Å². The molecule has 3 aromatic rings. The number of hydrogen-bond acceptors (Lipinski definition) is 4. The van der Waals surface area contributed by atoms with Crippen molar-refractivity contribution in [3.05, 3.63) is 59.7 Å². The minimum atomic E-state index is 0.553. The zero-order chi connectivity index (χ0) is 13.8. The average Bonchev–Trinajstić information content (AvgIpc) is 2.90. The normalized spacial score (nSPS) is 10.8. The van der Waals surface area contributed by atoms with Crippen LogP contribution in [0, 0.1) is 0 Å². The molecule has 4 nitrogen and oxygen atoms in total. The Labute approximate surface area is 117 Å². The Balaban J connectivity index is 1.66. The molecular weight excluding hydrogens is 250 g/mol. The molecule has 0 unspecified atom stereocenters. The van der Waals surface area contributed by atoms with Crippen LogP contribution in [0.4, 0.5) is 6.01 Å². The van der Waals surface area contributed by atoms with E-state index in [0.717, 1.165) is 17.5 Å². The van der Waals surface area contributed by atoms with Crippen molar-refractivity contribution >= 4 is 17.1 Å². The lowest BCUT2D eigenvalue weighted by Gasteiger charge is -2.03. The molecule has 0 bridgehead atoms. The summed E-state index contributed by atoms with van der Waals surface area (Å²) >= 11 is 0. The number of nitrogens with zero attached hydrogens (tertiary/aromatic N) is 1. The van der Waals surface area contributed by atoms with Gasteiger partial charge in [-0.3, -0.25) is 0 Å². The number of aromatic nitrogens is 1. The highest BCUT2D eigenvalue weighted by molar-refractivity contribution is 5.74. The molecule has 0 aliphatic heterocycles. The van der Waals surface area contributed by atoms with Gasteiger partial charge in [0.25, 0.3) is 6.01 Å². The summed E-state index contributed by atoms with van der Waals surface area (Å²) < 4.78 is 5.61. The highest BCUT2D eigenvalue weighted by atomic mass is 16.4. The topological polar surface area (TPSA) is 64.1 Å². The van der Waals surface area contributed by atoms with Crippen molar-refractivity contribution in [2.24, 2.45) is 5.73 Å². The van der Waals surface area contributed by atoms with Gasteiger partial charge in [0, 0.05) is 6.54 Å². The Morgan fingerprint density at radius 1 is 1.00 bits per heavy atom. The molecule has 0 amide bonds. The Morgan fingerprint density at radius 3 is 2.50 bits per heavy atom. The highest BCUT2D eigenvalue weighted by Crippen LogP contribution is 2.18. The van der Waals surface area contributed by atoms with Crippen LogP contribution in [0.1, 0.15) is 11.1 Å². The Bertz CT molecular complexity index is 655. The smallest absolute Gasteiger partial charge is 0.295 e. The molecule has 0 aliphatic rings. The van der Waals surface area contributed by atoms with Crippen molar-refractivity contribution < 1.29 is 4.42 Å². The standard InChI is InChI=1S/C16H17N3O/c17-10-9-12-5-7-13(8-6-12)11-18-16-19-14-3-1-2-4-15(14)20-16/h1-8H,9-11,17H2,(H,18,19). The molecule has 4 heteroatoms. The molecule has 20 heavy (non-hydrogen) atoms. The molecule has 0 fully saturated rings. The fourth-order valence-electron chi connectivity index (χ4n) is 2.12.